The predicted molar refractivity (Wildman–Crippen MR) is 149 cm³/mol. The standard InChI is InChI=1S/C29H42N4O3S/c1-21-9-10-25(37-21)20-32-19-23(16-26(32)28(35)31-13-11-30-12-14-31)33(27(34)17-29(2,3)4)18-22-7-6-8-24(15-22)36-5/h6-10,15,23,26,30H,11-14,16-20H2,1-5H3/t23-,26-/m0/s1. The molecule has 4 rings (SSSR count). The number of ether oxygens (including phenoxy) is 1. The summed E-state index contributed by atoms with van der Waals surface area (Å²) in [7, 11) is 1.66. The summed E-state index contributed by atoms with van der Waals surface area (Å²) in [6.45, 7) is 13.5. The topological polar surface area (TPSA) is 65.1 Å². The molecule has 3 heterocycles. The molecular formula is C29H42N4O3S. The Bertz CT molecular complexity index is 1070. The Hall–Kier alpha value is -2.42. The predicted octanol–water partition coefficient (Wildman–Crippen LogP) is 3.90. The number of rotatable bonds is 8. The number of carbonyl (C=O) groups is 2. The fourth-order valence-corrected chi connectivity index (χ4v) is 6.26. The van der Waals surface area contributed by atoms with Crippen molar-refractivity contribution in [3.63, 3.8) is 0 Å². The number of thiophene rings is 1. The van der Waals surface area contributed by atoms with Crippen LogP contribution in [0.2, 0.25) is 0 Å². The van der Waals surface area contributed by atoms with Crippen molar-refractivity contribution < 1.29 is 14.3 Å². The number of carbonyl (C=O) groups excluding carboxylic acids is 2. The van der Waals surface area contributed by atoms with E-state index in [1.165, 1.54) is 9.75 Å². The Balaban J connectivity index is 1.60. The smallest absolute Gasteiger partial charge is 0.240 e. The molecule has 2 saturated heterocycles. The maximum absolute atomic E-state index is 13.8. The third kappa shape index (κ3) is 7.33. The highest BCUT2D eigenvalue weighted by Crippen LogP contribution is 2.31. The molecular weight excluding hydrogens is 484 g/mol. The van der Waals surface area contributed by atoms with Crippen LogP contribution in [0, 0.1) is 12.3 Å². The number of hydrogen-bond donors (Lipinski definition) is 1. The van der Waals surface area contributed by atoms with Crippen LogP contribution in [0.3, 0.4) is 0 Å². The van der Waals surface area contributed by atoms with Gasteiger partial charge in [0.1, 0.15) is 5.75 Å². The van der Waals surface area contributed by atoms with Gasteiger partial charge in [0.2, 0.25) is 11.8 Å². The Morgan fingerprint density at radius 2 is 1.92 bits per heavy atom. The normalized spacial score (nSPS) is 20.7. The second kappa shape index (κ2) is 12.0. The number of aryl methyl sites for hydroxylation is 1. The summed E-state index contributed by atoms with van der Waals surface area (Å²) in [5.74, 6) is 1.12. The minimum absolute atomic E-state index is 0.0287. The van der Waals surface area contributed by atoms with E-state index in [2.05, 4.69) is 50.0 Å². The van der Waals surface area contributed by atoms with E-state index in [0.29, 0.717) is 25.9 Å². The Morgan fingerprint density at radius 1 is 1.16 bits per heavy atom. The molecule has 0 radical (unpaired) electrons. The van der Waals surface area contributed by atoms with E-state index in [-0.39, 0.29) is 29.3 Å². The Labute approximate surface area is 225 Å². The number of likely N-dealkylation sites (tertiary alicyclic amines) is 1. The number of benzene rings is 1. The van der Waals surface area contributed by atoms with Crippen LogP contribution < -0.4 is 10.1 Å². The molecule has 1 aromatic carbocycles. The molecule has 37 heavy (non-hydrogen) atoms. The summed E-state index contributed by atoms with van der Waals surface area (Å²) in [6, 6.07) is 12.0. The van der Waals surface area contributed by atoms with E-state index in [1.54, 1.807) is 18.4 Å². The summed E-state index contributed by atoms with van der Waals surface area (Å²) in [5.41, 5.74) is 0.922. The molecule has 2 amide bonds. The lowest BCUT2D eigenvalue weighted by Crippen LogP contribution is -2.52. The van der Waals surface area contributed by atoms with Crippen LogP contribution >= 0.6 is 11.3 Å². The minimum Gasteiger partial charge on any atom is -0.497 e. The van der Waals surface area contributed by atoms with Gasteiger partial charge >= 0.3 is 0 Å². The fourth-order valence-electron chi connectivity index (χ4n) is 5.35. The van der Waals surface area contributed by atoms with Gasteiger partial charge in [0.15, 0.2) is 0 Å². The molecule has 0 spiro atoms. The molecule has 1 aromatic heterocycles. The number of nitrogens with zero attached hydrogens (tertiary/aromatic N) is 3. The quantitative estimate of drug-likeness (QED) is 0.565. The van der Waals surface area contributed by atoms with Gasteiger partial charge in [-0.05, 0) is 48.6 Å². The maximum Gasteiger partial charge on any atom is 0.240 e. The van der Waals surface area contributed by atoms with Crippen molar-refractivity contribution in [2.45, 2.75) is 65.7 Å². The molecule has 2 fully saturated rings. The van der Waals surface area contributed by atoms with E-state index >= 15 is 0 Å². The first-order chi connectivity index (χ1) is 17.6. The van der Waals surface area contributed by atoms with E-state index in [4.69, 9.17) is 4.74 Å². The van der Waals surface area contributed by atoms with Gasteiger partial charge < -0.3 is 19.9 Å². The van der Waals surface area contributed by atoms with Crippen LogP contribution in [0.15, 0.2) is 36.4 Å². The zero-order chi connectivity index (χ0) is 26.6. The van der Waals surface area contributed by atoms with Crippen LogP contribution in [0.1, 0.15) is 48.9 Å². The van der Waals surface area contributed by atoms with Crippen LogP contribution in [0.25, 0.3) is 0 Å². The number of hydrogen-bond acceptors (Lipinski definition) is 6. The van der Waals surface area contributed by atoms with Crippen LogP contribution in [0.4, 0.5) is 0 Å². The minimum atomic E-state index is -0.222. The molecule has 2 aromatic rings. The third-order valence-electron chi connectivity index (χ3n) is 7.18. The highest BCUT2D eigenvalue weighted by molar-refractivity contribution is 7.11. The van der Waals surface area contributed by atoms with Crippen molar-refractivity contribution in [1.29, 1.82) is 0 Å². The van der Waals surface area contributed by atoms with E-state index in [0.717, 1.165) is 44.0 Å². The van der Waals surface area contributed by atoms with Crippen LogP contribution in [-0.2, 0) is 22.7 Å². The van der Waals surface area contributed by atoms with Gasteiger partial charge in [0.25, 0.3) is 0 Å². The van der Waals surface area contributed by atoms with Gasteiger partial charge in [0, 0.05) is 68.0 Å². The second-order valence-corrected chi connectivity index (χ2v) is 12.9. The lowest BCUT2D eigenvalue weighted by atomic mass is 9.91. The summed E-state index contributed by atoms with van der Waals surface area (Å²) in [4.78, 5) is 36.3. The van der Waals surface area contributed by atoms with Gasteiger partial charge in [-0.15, -0.1) is 11.3 Å². The first-order valence-electron chi connectivity index (χ1n) is 13.3. The maximum atomic E-state index is 13.8. The molecule has 2 atom stereocenters. The van der Waals surface area contributed by atoms with Crippen molar-refractivity contribution >= 4 is 23.2 Å². The average molecular weight is 527 g/mol. The number of nitrogens with one attached hydrogen (secondary N) is 1. The lowest BCUT2D eigenvalue weighted by molar-refractivity contribution is -0.138. The average Bonchev–Trinajstić information content (AvgIpc) is 3.47. The van der Waals surface area contributed by atoms with E-state index in [9.17, 15) is 9.59 Å². The number of methoxy groups -OCH3 is 1. The van der Waals surface area contributed by atoms with Crippen LogP contribution in [-0.4, -0.2) is 78.4 Å². The highest BCUT2D eigenvalue weighted by atomic mass is 32.1. The number of amides is 2. The lowest BCUT2D eigenvalue weighted by Gasteiger charge is -2.32. The van der Waals surface area contributed by atoms with E-state index < -0.39 is 0 Å². The van der Waals surface area contributed by atoms with Gasteiger partial charge in [-0.3, -0.25) is 14.5 Å². The van der Waals surface area contributed by atoms with Crippen molar-refractivity contribution in [3.8, 4) is 5.75 Å². The highest BCUT2D eigenvalue weighted by Gasteiger charge is 2.42. The van der Waals surface area contributed by atoms with Gasteiger partial charge in [-0.1, -0.05) is 32.9 Å². The summed E-state index contributed by atoms with van der Waals surface area (Å²) >= 11 is 1.78. The molecule has 1 N–H and O–H groups in total. The zero-order valence-corrected chi connectivity index (χ0v) is 23.8. The SMILES string of the molecule is COc1cccc(CN(C(=O)CC(C)(C)C)[C@H]2C[C@@H](C(=O)N3CCNCC3)N(Cc3ccc(C)s3)C2)c1. The second-order valence-electron chi connectivity index (χ2n) is 11.5. The molecule has 2 aliphatic heterocycles. The summed E-state index contributed by atoms with van der Waals surface area (Å²) in [6.07, 6.45) is 1.13. The zero-order valence-electron chi connectivity index (χ0n) is 23.0. The Morgan fingerprint density at radius 3 is 2.57 bits per heavy atom. The fraction of sp³-hybridized carbons (Fsp3) is 0.586. The largest absolute Gasteiger partial charge is 0.497 e. The van der Waals surface area contributed by atoms with Gasteiger partial charge in [-0.2, -0.15) is 0 Å². The number of piperazine rings is 1. The van der Waals surface area contributed by atoms with E-state index in [1.807, 2.05) is 34.1 Å². The first-order valence-corrected chi connectivity index (χ1v) is 14.2. The molecule has 7 nitrogen and oxygen atoms in total. The molecule has 0 aliphatic carbocycles. The molecule has 2 aliphatic rings. The van der Waals surface area contributed by atoms with Crippen molar-refractivity contribution in [2.24, 2.45) is 5.41 Å². The first kappa shape index (κ1) is 27.6. The van der Waals surface area contributed by atoms with Crippen molar-refractivity contribution in [1.82, 2.24) is 20.0 Å². The summed E-state index contributed by atoms with van der Waals surface area (Å²) < 4.78 is 5.44. The van der Waals surface area contributed by atoms with Gasteiger partial charge in [-0.25, -0.2) is 0 Å². The molecule has 8 heteroatoms. The Kier molecular flexibility index (Phi) is 8.93. The molecule has 0 unspecified atom stereocenters. The molecule has 202 valence electrons. The van der Waals surface area contributed by atoms with Crippen LogP contribution in [0.5, 0.6) is 5.75 Å². The van der Waals surface area contributed by atoms with Crippen molar-refractivity contribution in [2.75, 3.05) is 39.8 Å². The molecule has 0 saturated carbocycles. The monoisotopic (exact) mass is 526 g/mol. The molecule has 0 bridgehead atoms. The van der Waals surface area contributed by atoms with Crippen molar-refractivity contribution in [3.05, 3.63) is 51.7 Å². The summed E-state index contributed by atoms with van der Waals surface area (Å²) in [5, 5.41) is 3.35. The van der Waals surface area contributed by atoms with Gasteiger partial charge in [0.05, 0.1) is 13.2 Å². The third-order valence-corrected chi connectivity index (χ3v) is 8.17.